The molecule has 2 aliphatic rings. The molecule has 7 heteroatoms. The second kappa shape index (κ2) is 8.88. The standard InChI is InChI=1S/C24H26FN3O3/c1-15-6-12-18(13-7-15)26-22(29)14-21-23(30)27-19-4-2-3-5-20(19)28(21)24(31)16-8-10-17(25)11-9-16/h6-13,19-21H,2-5,14H2,1H3,(H,26,29)(H,27,30)/t19-,20+,21-/m1/s1. The zero-order chi connectivity index (χ0) is 22.0. The Hall–Kier alpha value is -3.22. The minimum absolute atomic E-state index is 0.123. The first-order valence-electron chi connectivity index (χ1n) is 10.7. The molecule has 2 aromatic carbocycles. The molecule has 2 aromatic rings. The van der Waals surface area contributed by atoms with Crippen molar-refractivity contribution in [3.63, 3.8) is 0 Å². The molecule has 4 rings (SSSR count). The Balaban J connectivity index is 1.58. The van der Waals surface area contributed by atoms with Gasteiger partial charge in [0.15, 0.2) is 0 Å². The number of carbonyl (C=O) groups excluding carboxylic acids is 3. The van der Waals surface area contributed by atoms with E-state index >= 15 is 0 Å². The Bertz CT molecular complexity index is 975. The molecule has 0 radical (unpaired) electrons. The van der Waals surface area contributed by atoms with Gasteiger partial charge in [-0.15, -0.1) is 0 Å². The quantitative estimate of drug-likeness (QED) is 0.791. The molecule has 0 bridgehead atoms. The van der Waals surface area contributed by atoms with E-state index in [0.29, 0.717) is 11.3 Å². The van der Waals surface area contributed by atoms with Crippen molar-refractivity contribution >= 4 is 23.4 Å². The predicted molar refractivity (Wildman–Crippen MR) is 115 cm³/mol. The van der Waals surface area contributed by atoms with E-state index < -0.39 is 11.9 Å². The van der Waals surface area contributed by atoms with Gasteiger partial charge in [-0.1, -0.05) is 30.5 Å². The fraction of sp³-hybridized carbons (Fsp3) is 0.375. The minimum Gasteiger partial charge on any atom is -0.349 e. The summed E-state index contributed by atoms with van der Waals surface area (Å²) in [7, 11) is 0. The summed E-state index contributed by atoms with van der Waals surface area (Å²) in [6, 6.07) is 11.5. The maximum absolute atomic E-state index is 13.4. The van der Waals surface area contributed by atoms with Crippen LogP contribution in [0.1, 0.15) is 48.0 Å². The summed E-state index contributed by atoms with van der Waals surface area (Å²) in [6.45, 7) is 1.96. The Morgan fingerprint density at radius 1 is 1.06 bits per heavy atom. The van der Waals surface area contributed by atoms with Gasteiger partial charge in [-0.3, -0.25) is 14.4 Å². The molecule has 31 heavy (non-hydrogen) atoms. The number of carbonyl (C=O) groups is 3. The number of fused-ring (bicyclic) bond motifs is 1. The number of nitrogens with one attached hydrogen (secondary N) is 2. The van der Waals surface area contributed by atoms with Crippen LogP contribution in [0.5, 0.6) is 0 Å². The Morgan fingerprint density at radius 2 is 1.74 bits per heavy atom. The fourth-order valence-corrected chi connectivity index (χ4v) is 4.50. The molecule has 1 aliphatic heterocycles. The van der Waals surface area contributed by atoms with Gasteiger partial charge < -0.3 is 15.5 Å². The van der Waals surface area contributed by atoms with Gasteiger partial charge >= 0.3 is 0 Å². The maximum atomic E-state index is 13.4. The second-order valence-electron chi connectivity index (χ2n) is 8.32. The number of anilines is 1. The van der Waals surface area contributed by atoms with Crippen LogP contribution >= 0.6 is 0 Å². The highest BCUT2D eigenvalue weighted by Gasteiger charge is 2.46. The van der Waals surface area contributed by atoms with E-state index in [1.807, 2.05) is 19.1 Å². The zero-order valence-corrected chi connectivity index (χ0v) is 17.4. The average molecular weight is 423 g/mol. The molecule has 1 heterocycles. The van der Waals surface area contributed by atoms with Crippen molar-refractivity contribution in [2.45, 2.75) is 57.2 Å². The maximum Gasteiger partial charge on any atom is 0.254 e. The number of halogens is 1. The molecule has 0 spiro atoms. The highest BCUT2D eigenvalue weighted by Crippen LogP contribution is 2.31. The third-order valence-electron chi connectivity index (χ3n) is 6.09. The lowest BCUT2D eigenvalue weighted by molar-refractivity contribution is -0.135. The summed E-state index contributed by atoms with van der Waals surface area (Å²) in [6.07, 6.45) is 3.35. The second-order valence-corrected chi connectivity index (χ2v) is 8.32. The van der Waals surface area contributed by atoms with E-state index in [1.54, 1.807) is 17.0 Å². The number of aryl methyl sites for hydroxylation is 1. The van der Waals surface area contributed by atoms with Gasteiger partial charge in [-0.05, 0) is 56.2 Å². The lowest BCUT2D eigenvalue weighted by Crippen LogP contribution is -2.68. The van der Waals surface area contributed by atoms with E-state index in [4.69, 9.17) is 0 Å². The molecule has 1 aliphatic carbocycles. The molecule has 0 unspecified atom stereocenters. The molecule has 2 fully saturated rings. The molecule has 1 saturated carbocycles. The Labute approximate surface area is 180 Å². The van der Waals surface area contributed by atoms with Crippen LogP contribution in [0, 0.1) is 12.7 Å². The monoisotopic (exact) mass is 423 g/mol. The molecule has 1 saturated heterocycles. The third-order valence-corrected chi connectivity index (χ3v) is 6.09. The van der Waals surface area contributed by atoms with Crippen LogP contribution in [0.15, 0.2) is 48.5 Å². The number of hydrogen-bond donors (Lipinski definition) is 2. The van der Waals surface area contributed by atoms with Gasteiger partial charge in [-0.2, -0.15) is 0 Å². The molecule has 162 valence electrons. The van der Waals surface area contributed by atoms with Crippen LogP contribution in [-0.2, 0) is 9.59 Å². The first kappa shape index (κ1) is 21.0. The largest absolute Gasteiger partial charge is 0.349 e. The van der Waals surface area contributed by atoms with Crippen LogP contribution in [0.2, 0.25) is 0 Å². The van der Waals surface area contributed by atoms with Gasteiger partial charge in [0.05, 0.1) is 12.5 Å². The molecule has 3 atom stereocenters. The van der Waals surface area contributed by atoms with E-state index in [2.05, 4.69) is 10.6 Å². The SMILES string of the molecule is Cc1ccc(NC(=O)C[C@@H]2C(=O)N[C@@H]3CCCC[C@@H]3N2C(=O)c2ccc(F)cc2)cc1. The number of nitrogens with zero attached hydrogens (tertiary/aromatic N) is 1. The normalized spacial score (nSPS) is 23.0. The number of amides is 3. The van der Waals surface area contributed by atoms with Crippen LogP contribution in [0.3, 0.4) is 0 Å². The number of benzene rings is 2. The van der Waals surface area contributed by atoms with Crippen LogP contribution in [0.25, 0.3) is 0 Å². The van der Waals surface area contributed by atoms with Crippen molar-refractivity contribution < 1.29 is 18.8 Å². The van der Waals surface area contributed by atoms with Crippen molar-refractivity contribution in [2.24, 2.45) is 0 Å². The van der Waals surface area contributed by atoms with Gasteiger partial charge in [0.25, 0.3) is 5.91 Å². The van der Waals surface area contributed by atoms with Crippen LogP contribution < -0.4 is 10.6 Å². The van der Waals surface area contributed by atoms with Gasteiger partial charge in [0.2, 0.25) is 11.8 Å². The summed E-state index contributed by atoms with van der Waals surface area (Å²) < 4.78 is 13.4. The van der Waals surface area contributed by atoms with Crippen molar-refractivity contribution in [1.82, 2.24) is 10.2 Å². The number of piperazine rings is 1. The van der Waals surface area contributed by atoms with Crippen molar-refractivity contribution in [3.8, 4) is 0 Å². The lowest BCUT2D eigenvalue weighted by Gasteiger charge is -2.48. The van der Waals surface area contributed by atoms with Gasteiger partial charge in [0, 0.05) is 17.3 Å². The van der Waals surface area contributed by atoms with Gasteiger partial charge in [0.1, 0.15) is 11.9 Å². The van der Waals surface area contributed by atoms with E-state index in [-0.39, 0.29) is 36.2 Å². The molecule has 3 amide bonds. The zero-order valence-electron chi connectivity index (χ0n) is 17.4. The Morgan fingerprint density at radius 3 is 2.45 bits per heavy atom. The van der Waals surface area contributed by atoms with E-state index in [0.717, 1.165) is 31.2 Å². The number of rotatable bonds is 4. The average Bonchev–Trinajstić information content (AvgIpc) is 2.76. The smallest absolute Gasteiger partial charge is 0.254 e. The third kappa shape index (κ3) is 4.60. The summed E-state index contributed by atoms with van der Waals surface area (Å²) in [5.41, 5.74) is 2.02. The van der Waals surface area contributed by atoms with E-state index in [9.17, 15) is 18.8 Å². The lowest BCUT2D eigenvalue weighted by atomic mass is 9.84. The van der Waals surface area contributed by atoms with E-state index in [1.165, 1.54) is 24.3 Å². The molecule has 6 nitrogen and oxygen atoms in total. The molecule has 2 N–H and O–H groups in total. The van der Waals surface area contributed by atoms with Gasteiger partial charge in [-0.25, -0.2) is 4.39 Å². The summed E-state index contributed by atoms with van der Waals surface area (Å²) in [5, 5.41) is 5.83. The van der Waals surface area contributed by atoms with Crippen LogP contribution in [0.4, 0.5) is 10.1 Å². The number of hydrogen-bond acceptors (Lipinski definition) is 3. The first-order chi connectivity index (χ1) is 14.9. The predicted octanol–water partition coefficient (Wildman–Crippen LogP) is 3.41. The Kier molecular flexibility index (Phi) is 6.02. The summed E-state index contributed by atoms with van der Waals surface area (Å²) in [4.78, 5) is 40.6. The minimum atomic E-state index is -0.914. The fourth-order valence-electron chi connectivity index (χ4n) is 4.50. The molecular formula is C24H26FN3O3. The first-order valence-corrected chi connectivity index (χ1v) is 10.7. The van der Waals surface area contributed by atoms with Crippen molar-refractivity contribution in [1.29, 1.82) is 0 Å². The summed E-state index contributed by atoms with van der Waals surface area (Å²) in [5.74, 6) is -1.44. The van der Waals surface area contributed by atoms with Crippen LogP contribution in [-0.4, -0.2) is 40.7 Å². The summed E-state index contributed by atoms with van der Waals surface area (Å²) >= 11 is 0. The highest BCUT2D eigenvalue weighted by molar-refractivity contribution is 6.01. The molecular weight excluding hydrogens is 397 g/mol. The van der Waals surface area contributed by atoms with Crippen molar-refractivity contribution in [3.05, 3.63) is 65.5 Å². The highest BCUT2D eigenvalue weighted by atomic mass is 19.1. The van der Waals surface area contributed by atoms with Crippen molar-refractivity contribution in [2.75, 3.05) is 5.32 Å². The topological polar surface area (TPSA) is 78.5 Å². The molecule has 0 aromatic heterocycles.